The Morgan fingerprint density at radius 3 is 2.71 bits per heavy atom. The summed E-state index contributed by atoms with van der Waals surface area (Å²) in [5.74, 6) is -1.14. The predicted octanol–water partition coefficient (Wildman–Crippen LogP) is 0.215. The highest BCUT2D eigenvalue weighted by Gasteiger charge is 2.30. The molecule has 2 unspecified atom stereocenters. The number of carboxylic acids is 1. The number of nitrogens with one attached hydrogen (secondary N) is 1. The van der Waals surface area contributed by atoms with Crippen LogP contribution >= 0.6 is 0 Å². The Morgan fingerprint density at radius 2 is 2.10 bits per heavy atom. The molecule has 0 bridgehead atoms. The number of carbonyl (C=O) groups is 2. The second kappa shape index (κ2) is 7.05. The molecule has 7 heteroatoms. The van der Waals surface area contributed by atoms with E-state index >= 15 is 0 Å². The van der Waals surface area contributed by atoms with E-state index in [-0.39, 0.29) is 13.2 Å². The maximum atomic E-state index is 12.2. The first-order chi connectivity index (χ1) is 10.1. The van der Waals surface area contributed by atoms with Crippen molar-refractivity contribution in [3.05, 3.63) is 35.9 Å². The molecule has 7 nitrogen and oxygen atoms in total. The Morgan fingerprint density at radius 1 is 1.38 bits per heavy atom. The molecule has 1 heterocycles. The van der Waals surface area contributed by atoms with Crippen LogP contribution in [0.15, 0.2) is 30.3 Å². The summed E-state index contributed by atoms with van der Waals surface area (Å²) in [7, 11) is 0. The van der Waals surface area contributed by atoms with E-state index in [1.807, 2.05) is 0 Å². The van der Waals surface area contributed by atoms with E-state index in [0.29, 0.717) is 18.7 Å². The molecule has 0 radical (unpaired) electrons. The lowest BCUT2D eigenvalue weighted by Crippen LogP contribution is -2.55. The number of carboxylic acid groups (broad SMARTS) is 1. The SMILES string of the molecule is O=C(O)C(NC(=O)N1CCOCC1CO)c1ccccc1. The number of urea groups is 1. The molecule has 1 aliphatic rings. The van der Waals surface area contributed by atoms with Crippen LogP contribution in [-0.2, 0) is 9.53 Å². The first kappa shape index (κ1) is 15.3. The molecule has 114 valence electrons. The molecule has 0 saturated carbocycles. The van der Waals surface area contributed by atoms with E-state index in [0.717, 1.165) is 0 Å². The molecule has 1 aromatic rings. The largest absolute Gasteiger partial charge is 0.479 e. The van der Waals surface area contributed by atoms with Gasteiger partial charge in [0.05, 0.1) is 25.9 Å². The number of rotatable bonds is 4. The van der Waals surface area contributed by atoms with E-state index in [1.165, 1.54) is 4.90 Å². The summed E-state index contributed by atoms with van der Waals surface area (Å²) >= 11 is 0. The van der Waals surface area contributed by atoms with E-state index in [1.54, 1.807) is 30.3 Å². The van der Waals surface area contributed by atoms with Gasteiger partial charge in [-0.25, -0.2) is 9.59 Å². The zero-order valence-electron chi connectivity index (χ0n) is 11.4. The highest BCUT2D eigenvalue weighted by atomic mass is 16.5. The Balaban J connectivity index is 2.10. The highest BCUT2D eigenvalue weighted by Crippen LogP contribution is 2.15. The number of nitrogens with zero attached hydrogens (tertiary/aromatic N) is 1. The standard InChI is InChI=1S/C14H18N2O5/c17-8-11-9-21-7-6-16(11)14(20)15-12(13(18)19)10-4-2-1-3-5-10/h1-5,11-12,17H,6-9H2,(H,15,20)(H,18,19). The first-order valence-electron chi connectivity index (χ1n) is 6.67. The van der Waals surface area contributed by atoms with Crippen molar-refractivity contribution >= 4 is 12.0 Å². The van der Waals surface area contributed by atoms with Gasteiger partial charge in [-0.2, -0.15) is 0 Å². The Kier molecular flexibility index (Phi) is 5.13. The lowest BCUT2D eigenvalue weighted by molar-refractivity contribution is -0.139. The van der Waals surface area contributed by atoms with Crippen LogP contribution in [0.25, 0.3) is 0 Å². The van der Waals surface area contributed by atoms with Gasteiger partial charge in [0, 0.05) is 6.54 Å². The molecule has 1 aliphatic heterocycles. The third-order valence-electron chi connectivity index (χ3n) is 3.35. The van der Waals surface area contributed by atoms with Crippen LogP contribution in [0.1, 0.15) is 11.6 Å². The van der Waals surface area contributed by atoms with Gasteiger partial charge in [-0.1, -0.05) is 30.3 Å². The Hall–Kier alpha value is -2.12. The van der Waals surface area contributed by atoms with Crippen LogP contribution in [0.2, 0.25) is 0 Å². The van der Waals surface area contributed by atoms with Crippen molar-refractivity contribution in [3.8, 4) is 0 Å². The van der Waals surface area contributed by atoms with Gasteiger partial charge in [-0.05, 0) is 5.56 Å². The topological polar surface area (TPSA) is 99.1 Å². The molecule has 1 aromatic carbocycles. The maximum absolute atomic E-state index is 12.2. The summed E-state index contributed by atoms with van der Waals surface area (Å²) in [4.78, 5) is 25.0. The molecular formula is C14H18N2O5. The van der Waals surface area contributed by atoms with E-state index < -0.39 is 24.1 Å². The summed E-state index contributed by atoms with van der Waals surface area (Å²) < 4.78 is 5.19. The van der Waals surface area contributed by atoms with Crippen LogP contribution < -0.4 is 5.32 Å². The lowest BCUT2D eigenvalue weighted by Gasteiger charge is -2.35. The third-order valence-corrected chi connectivity index (χ3v) is 3.35. The third kappa shape index (κ3) is 3.71. The number of aliphatic carboxylic acids is 1. The van der Waals surface area contributed by atoms with Gasteiger partial charge in [0.15, 0.2) is 6.04 Å². The van der Waals surface area contributed by atoms with Gasteiger partial charge in [0.25, 0.3) is 0 Å². The van der Waals surface area contributed by atoms with Crippen LogP contribution in [0.4, 0.5) is 4.79 Å². The maximum Gasteiger partial charge on any atom is 0.330 e. The van der Waals surface area contributed by atoms with Crippen molar-refractivity contribution in [2.24, 2.45) is 0 Å². The fourth-order valence-corrected chi connectivity index (χ4v) is 2.21. The molecule has 2 amide bonds. The van der Waals surface area contributed by atoms with E-state index in [9.17, 15) is 19.8 Å². The Bertz CT molecular complexity index is 493. The molecule has 0 aromatic heterocycles. The van der Waals surface area contributed by atoms with Crippen molar-refractivity contribution in [2.45, 2.75) is 12.1 Å². The summed E-state index contributed by atoms with van der Waals surface area (Å²) in [6, 6.07) is 6.38. The minimum absolute atomic E-state index is 0.226. The second-order valence-electron chi connectivity index (χ2n) is 4.74. The lowest BCUT2D eigenvalue weighted by atomic mass is 10.1. The molecule has 2 atom stereocenters. The number of aliphatic hydroxyl groups excluding tert-OH is 1. The summed E-state index contributed by atoms with van der Waals surface area (Å²) in [5.41, 5.74) is 0.493. The van der Waals surface area contributed by atoms with Crippen molar-refractivity contribution in [1.82, 2.24) is 10.2 Å². The zero-order valence-corrected chi connectivity index (χ0v) is 11.4. The minimum Gasteiger partial charge on any atom is -0.479 e. The number of hydrogen-bond acceptors (Lipinski definition) is 4. The molecule has 2 rings (SSSR count). The van der Waals surface area contributed by atoms with Gasteiger partial charge in [-0.15, -0.1) is 0 Å². The van der Waals surface area contributed by atoms with Gasteiger partial charge in [0.1, 0.15) is 0 Å². The average Bonchev–Trinajstić information content (AvgIpc) is 2.52. The molecule has 0 aliphatic carbocycles. The predicted molar refractivity (Wildman–Crippen MR) is 73.7 cm³/mol. The summed E-state index contributed by atoms with van der Waals surface area (Å²) in [6.07, 6.45) is 0. The molecular weight excluding hydrogens is 276 g/mol. The van der Waals surface area contributed by atoms with Crippen LogP contribution in [-0.4, -0.2) is 59.5 Å². The van der Waals surface area contributed by atoms with Crippen molar-refractivity contribution in [3.63, 3.8) is 0 Å². The monoisotopic (exact) mass is 294 g/mol. The van der Waals surface area contributed by atoms with Crippen molar-refractivity contribution in [1.29, 1.82) is 0 Å². The van der Waals surface area contributed by atoms with Crippen LogP contribution in [0.3, 0.4) is 0 Å². The fraction of sp³-hybridized carbons (Fsp3) is 0.429. The molecule has 1 saturated heterocycles. The number of hydrogen-bond donors (Lipinski definition) is 3. The molecule has 1 fully saturated rings. The quantitative estimate of drug-likeness (QED) is 0.737. The first-order valence-corrected chi connectivity index (χ1v) is 6.67. The van der Waals surface area contributed by atoms with E-state index in [2.05, 4.69) is 5.32 Å². The number of aliphatic hydroxyl groups is 1. The molecule has 21 heavy (non-hydrogen) atoms. The van der Waals surface area contributed by atoms with Gasteiger partial charge < -0.3 is 25.2 Å². The smallest absolute Gasteiger partial charge is 0.330 e. The van der Waals surface area contributed by atoms with E-state index in [4.69, 9.17) is 4.74 Å². The van der Waals surface area contributed by atoms with Crippen LogP contribution in [0.5, 0.6) is 0 Å². The van der Waals surface area contributed by atoms with Crippen LogP contribution in [0, 0.1) is 0 Å². The summed E-state index contributed by atoms with van der Waals surface area (Å²) in [6.45, 7) is 0.703. The summed E-state index contributed by atoms with van der Waals surface area (Å²) in [5, 5.41) is 21.0. The second-order valence-corrected chi connectivity index (χ2v) is 4.74. The highest BCUT2D eigenvalue weighted by molar-refractivity contribution is 5.83. The number of benzene rings is 1. The minimum atomic E-state index is -1.14. The fourth-order valence-electron chi connectivity index (χ4n) is 2.21. The molecule has 0 spiro atoms. The van der Waals surface area contributed by atoms with Crippen molar-refractivity contribution in [2.75, 3.05) is 26.4 Å². The van der Waals surface area contributed by atoms with Gasteiger partial charge in [0.2, 0.25) is 0 Å². The van der Waals surface area contributed by atoms with Gasteiger partial charge >= 0.3 is 12.0 Å². The van der Waals surface area contributed by atoms with Gasteiger partial charge in [-0.3, -0.25) is 0 Å². The Labute approximate surface area is 122 Å². The normalized spacial score (nSPS) is 19.9. The average molecular weight is 294 g/mol. The number of carbonyl (C=O) groups excluding carboxylic acids is 1. The number of ether oxygens (including phenoxy) is 1. The number of morpholine rings is 1. The zero-order chi connectivity index (χ0) is 15.2. The van der Waals surface area contributed by atoms with Crippen molar-refractivity contribution < 1.29 is 24.5 Å². The number of amides is 2. The molecule has 3 N–H and O–H groups in total.